The fourth-order valence-electron chi connectivity index (χ4n) is 7.53. The number of hydrogen-bond donors (Lipinski definition) is 0. The molecule has 0 bridgehead atoms. The predicted octanol–water partition coefficient (Wildman–Crippen LogP) is 12.9. The van der Waals surface area contributed by atoms with Crippen LogP contribution in [0.25, 0.3) is 88.0 Å². The molecule has 9 rings (SSSR count). The Morgan fingerprint density at radius 1 is 0.320 bits per heavy atom. The largest absolute Gasteiger partial charge is 0.264 e. The van der Waals surface area contributed by atoms with Crippen LogP contribution < -0.4 is 0 Å². The summed E-state index contributed by atoms with van der Waals surface area (Å²) < 4.78 is 0. The van der Waals surface area contributed by atoms with Gasteiger partial charge < -0.3 is 0 Å². The van der Waals surface area contributed by atoms with Gasteiger partial charge in [-0.15, -0.1) is 0 Å². The van der Waals surface area contributed by atoms with Crippen molar-refractivity contribution in [2.24, 2.45) is 0 Å². The van der Waals surface area contributed by atoms with Crippen LogP contribution in [0.2, 0.25) is 0 Å². The Morgan fingerprint density at radius 3 is 1.36 bits per heavy atom. The van der Waals surface area contributed by atoms with Crippen LogP contribution in [0, 0.1) is 13.8 Å². The molecule has 0 saturated carbocycles. The predicted molar refractivity (Wildman–Crippen MR) is 211 cm³/mol. The van der Waals surface area contributed by atoms with Gasteiger partial charge in [0, 0.05) is 35.9 Å². The lowest BCUT2D eigenvalue weighted by molar-refractivity contribution is 1.27. The molecule has 0 spiro atoms. The topological polar surface area (TPSA) is 25.8 Å². The van der Waals surface area contributed by atoms with E-state index in [9.17, 15) is 0 Å². The molecule has 0 unspecified atom stereocenters. The summed E-state index contributed by atoms with van der Waals surface area (Å²) in [5, 5.41) is 7.46. The summed E-state index contributed by atoms with van der Waals surface area (Å²) in [6.07, 6.45) is 7.69. The van der Waals surface area contributed by atoms with Crippen LogP contribution >= 0.6 is 0 Å². The number of pyridine rings is 2. The van der Waals surface area contributed by atoms with Crippen LogP contribution in [0.15, 0.2) is 170 Å². The van der Waals surface area contributed by atoms with Crippen LogP contribution in [-0.2, 0) is 0 Å². The van der Waals surface area contributed by atoms with Crippen LogP contribution in [0.4, 0.5) is 0 Å². The lowest BCUT2D eigenvalue weighted by atomic mass is 9.84. The number of nitrogens with zero attached hydrogens (tertiary/aromatic N) is 2. The first kappa shape index (κ1) is 29.7. The van der Waals surface area contributed by atoms with Crippen molar-refractivity contribution in [2.75, 3.05) is 0 Å². The monoisotopic (exact) mass is 638 g/mol. The molecule has 2 heterocycles. The average Bonchev–Trinajstić information content (AvgIpc) is 3.17. The summed E-state index contributed by atoms with van der Waals surface area (Å²) >= 11 is 0. The van der Waals surface area contributed by atoms with E-state index in [4.69, 9.17) is 0 Å². The molecule has 0 aliphatic carbocycles. The van der Waals surface area contributed by atoms with Gasteiger partial charge in [-0.2, -0.15) is 0 Å². The second kappa shape index (κ2) is 12.3. The third-order valence-electron chi connectivity index (χ3n) is 9.89. The van der Waals surface area contributed by atoms with E-state index in [-0.39, 0.29) is 0 Å². The zero-order valence-electron chi connectivity index (χ0n) is 28.1. The SMILES string of the molecule is Cc1cncc(-c2ccc(-c3c4ccccc4c(-c4ccc(-c5cncc(C)c5)cc4)c4cc(-c5cccc6ccccc56)ccc34)cc2)c1. The zero-order valence-corrected chi connectivity index (χ0v) is 28.1. The highest BCUT2D eigenvalue weighted by Gasteiger charge is 2.18. The van der Waals surface area contributed by atoms with Crippen LogP contribution in [-0.4, -0.2) is 9.97 Å². The van der Waals surface area contributed by atoms with Crippen LogP contribution in [0.5, 0.6) is 0 Å². The second-order valence-corrected chi connectivity index (χ2v) is 13.2. The van der Waals surface area contributed by atoms with Crippen molar-refractivity contribution in [1.82, 2.24) is 9.97 Å². The molecule has 0 atom stereocenters. The van der Waals surface area contributed by atoms with Gasteiger partial charge in [0.1, 0.15) is 0 Å². The lowest BCUT2D eigenvalue weighted by Crippen LogP contribution is -1.92. The Hall–Kier alpha value is -6.38. The molecule has 0 amide bonds. The quantitative estimate of drug-likeness (QED) is 0.175. The summed E-state index contributed by atoms with van der Waals surface area (Å²) in [5.41, 5.74) is 14.2. The van der Waals surface area contributed by atoms with Gasteiger partial charge in [-0.3, -0.25) is 9.97 Å². The summed E-state index contributed by atoms with van der Waals surface area (Å²) in [5.74, 6) is 0. The maximum absolute atomic E-state index is 4.44. The number of rotatable bonds is 5. The summed E-state index contributed by atoms with van der Waals surface area (Å²) in [7, 11) is 0. The molecule has 236 valence electrons. The van der Waals surface area contributed by atoms with Gasteiger partial charge in [0.25, 0.3) is 0 Å². The molecule has 2 aromatic heterocycles. The molecule has 0 aliphatic heterocycles. The maximum atomic E-state index is 4.44. The lowest BCUT2D eigenvalue weighted by Gasteiger charge is -2.19. The number of aromatic nitrogens is 2. The van der Waals surface area contributed by atoms with E-state index >= 15 is 0 Å². The summed E-state index contributed by atoms with van der Waals surface area (Å²) in [6, 6.07) is 53.6. The van der Waals surface area contributed by atoms with Gasteiger partial charge >= 0.3 is 0 Å². The maximum Gasteiger partial charge on any atom is 0.0346 e. The van der Waals surface area contributed by atoms with E-state index < -0.39 is 0 Å². The minimum absolute atomic E-state index is 1.13. The highest BCUT2D eigenvalue weighted by Crippen LogP contribution is 2.45. The average molecular weight is 639 g/mol. The minimum Gasteiger partial charge on any atom is -0.264 e. The van der Waals surface area contributed by atoms with E-state index in [1.165, 1.54) is 65.7 Å². The first-order valence-corrected chi connectivity index (χ1v) is 17.1. The molecule has 0 radical (unpaired) electrons. The van der Waals surface area contributed by atoms with Gasteiger partial charge in [-0.25, -0.2) is 0 Å². The minimum atomic E-state index is 1.13. The molecule has 0 fully saturated rings. The van der Waals surface area contributed by atoms with E-state index in [0.717, 1.165) is 33.4 Å². The van der Waals surface area contributed by atoms with Crippen molar-refractivity contribution >= 4 is 32.3 Å². The fourth-order valence-corrected chi connectivity index (χ4v) is 7.53. The Bertz CT molecular complexity index is 2700. The first-order chi connectivity index (χ1) is 24.6. The molecular formula is C48H34N2. The Kier molecular flexibility index (Phi) is 7.29. The number of aryl methyl sites for hydroxylation is 2. The molecule has 0 aliphatic rings. The normalized spacial score (nSPS) is 11.4. The smallest absolute Gasteiger partial charge is 0.0346 e. The van der Waals surface area contributed by atoms with Gasteiger partial charge in [0.05, 0.1) is 0 Å². The van der Waals surface area contributed by atoms with E-state index in [1.54, 1.807) is 0 Å². The molecule has 7 aromatic carbocycles. The van der Waals surface area contributed by atoms with Crippen LogP contribution in [0.3, 0.4) is 0 Å². The second-order valence-electron chi connectivity index (χ2n) is 13.2. The van der Waals surface area contributed by atoms with Gasteiger partial charge in [-0.1, -0.05) is 127 Å². The Balaban J connectivity index is 1.30. The zero-order chi connectivity index (χ0) is 33.6. The number of benzene rings is 7. The molecule has 9 aromatic rings. The third-order valence-corrected chi connectivity index (χ3v) is 9.89. The van der Waals surface area contributed by atoms with Gasteiger partial charge in [0.15, 0.2) is 0 Å². The molecule has 0 N–H and O–H groups in total. The third kappa shape index (κ3) is 5.23. The van der Waals surface area contributed by atoms with Gasteiger partial charge in [0.2, 0.25) is 0 Å². The van der Waals surface area contributed by atoms with E-state index in [1.807, 2.05) is 24.8 Å². The molecular weight excluding hydrogens is 605 g/mol. The van der Waals surface area contributed by atoms with Crippen molar-refractivity contribution < 1.29 is 0 Å². The highest BCUT2D eigenvalue weighted by atomic mass is 14.6. The summed E-state index contributed by atoms with van der Waals surface area (Å²) in [4.78, 5) is 8.88. The fraction of sp³-hybridized carbons (Fsp3) is 0.0417. The molecule has 2 nitrogen and oxygen atoms in total. The molecule has 0 saturated heterocycles. The van der Waals surface area contributed by atoms with Crippen molar-refractivity contribution in [3.63, 3.8) is 0 Å². The Morgan fingerprint density at radius 2 is 0.780 bits per heavy atom. The molecule has 50 heavy (non-hydrogen) atoms. The number of fused-ring (bicyclic) bond motifs is 3. The van der Waals surface area contributed by atoms with Gasteiger partial charge in [-0.05, 0) is 120 Å². The van der Waals surface area contributed by atoms with E-state index in [0.29, 0.717) is 0 Å². The van der Waals surface area contributed by atoms with E-state index in [2.05, 4.69) is 169 Å². The molecule has 2 heteroatoms. The Labute approximate surface area is 292 Å². The highest BCUT2D eigenvalue weighted by molar-refractivity contribution is 6.22. The van der Waals surface area contributed by atoms with Crippen molar-refractivity contribution in [2.45, 2.75) is 13.8 Å². The first-order valence-electron chi connectivity index (χ1n) is 17.1. The summed E-state index contributed by atoms with van der Waals surface area (Å²) in [6.45, 7) is 4.18. The van der Waals surface area contributed by atoms with Crippen LogP contribution in [0.1, 0.15) is 11.1 Å². The van der Waals surface area contributed by atoms with Crippen molar-refractivity contribution in [1.29, 1.82) is 0 Å². The van der Waals surface area contributed by atoms with Crippen molar-refractivity contribution in [3.8, 4) is 55.6 Å². The standard InChI is InChI=1S/C48H34N2/c1-31-24-39(29-49-27-31)33-14-18-36(19-15-33)47-43-11-5-6-12-44(43)48(37-20-16-34(17-21-37)40-25-32(2)28-50-30-40)46-26-38(22-23-45(46)47)42-13-7-9-35-8-3-4-10-41(35)42/h3-30H,1-2H3. The van der Waals surface area contributed by atoms with Crippen molar-refractivity contribution in [3.05, 3.63) is 182 Å². The number of hydrogen-bond acceptors (Lipinski definition) is 2.